The van der Waals surface area contributed by atoms with Crippen LogP contribution in [0.1, 0.15) is 18.9 Å². The molecule has 2 atom stereocenters. The number of nitrogens with one attached hydrogen (secondary N) is 2. The molecule has 1 saturated heterocycles. The molecule has 21 heavy (non-hydrogen) atoms. The first-order valence-corrected chi connectivity index (χ1v) is 7.42. The average molecular weight is 292 g/mol. The van der Waals surface area contributed by atoms with E-state index in [4.69, 9.17) is 9.47 Å². The van der Waals surface area contributed by atoms with Crippen LogP contribution in [-0.2, 0) is 16.0 Å². The van der Waals surface area contributed by atoms with Crippen LogP contribution in [0.5, 0.6) is 5.75 Å². The number of hydrogen-bond acceptors (Lipinski definition) is 4. The van der Waals surface area contributed by atoms with Crippen LogP contribution in [0.3, 0.4) is 0 Å². The summed E-state index contributed by atoms with van der Waals surface area (Å²) in [6.07, 6.45) is 1.14. The molecule has 0 spiro atoms. The fourth-order valence-corrected chi connectivity index (χ4v) is 2.54. The van der Waals surface area contributed by atoms with Crippen molar-refractivity contribution in [2.75, 3.05) is 26.8 Å². The summed E-state index contributed by atoms with van der Waals surface area (Å²) in [5.74, 6) is 0.893. The summed E-state index contributed by atoms with van der Waals surface area (Å²) >= 11 is 0. The lowest BCUT2D eigenvalue weighted by Gasteiger charge is -2.24. The molecule has 1 aromatic rings. The Balaban J connectivity index is 1.80. The van der Waals surface area contributed by atoms with Crippen LogP contribution in [-0.4, -0.2) is 44.9 Å². The van der Waals surface area contributed by atoms with Gasteiger partial charge in [-0.3, -0.25) is 4.79 Å². The summed E-state index contributed by atoms with van der Waals surface area (Å²) in [7, 11) is 1.66. The Bertz CT molecular complexity index is 459. The van der Waals surface area contributed by atoms with Gasteiger partial charge < -0.3 is 20.1 Å². The molecular weight excluding hydrogens is 268 g/mol. The predicted molar refractivity (Wildman–Crippen MR) is 81.5 cm³/mol. The first-order valence-electron chi connectivity index (χ1n) is 7.42. The van der Waals surface area contributed by atoms with Gasteiger partial charge in [0.25, 0.3) is 0 Å². The number of carbonyl (C=O) groups excluding carboxylic acids is 1. The van der Waals surface area contributed by atoms with Crippen molar-refractivity contribution in [3.63, 3.8) is 0 Å². The Kier molecular flexibility index (Phi) is 6.02. The number of ether oxygens (including phenoxy) is 2. The molecule has 0 aliphatic carbocycles. The number of benzene rings is 1. The van der Waals surface area contributed by atoms with Gasteiger partial charge >= 0.3 is 0 Å². The van der Waals surface area contributed by atoms with Gasteiger partial charge in [-0.25, -0.2) is 0 Å². The Morgan fingerprint density at radius 1 is 1.52 bits per heavy atom. The van der Waals surface area contributed by atoms with Gasteiger partial charge in [-0.05, 0) is 25.0 Å². The van der Waals surface area contributed by atoms with E-state index in [2.05, 4.69) is 10.6 Å². The zero-order valence-corrected chi connectivity index (χ0v) is 12.7. The van der Waals surface area contributed by atoms with Crippen LogP contribution in [0.15, 0.2) is 24.3 Å². The van der Waals surface area contributed by atoms with Crippen LogP contribution >= 0.6 is 0 Å². The number of hydrogen-bond donors (Lipinski definition) is 2. The van der Waals surface area contributed by atoms with Crippen molar-refractivity contribution < 1.29 is 14.3 Å². The first-order chi connectivity index (χ1) is 10.2. The third-order valence-electron chi connectivity index (χ3n) is 3.54. The first kappa shape index (κ1) is 15.8. The summed E-state index contributed by atoms with van der Waals surface area (Å²) < 4.78 is 10.9. The number of para-hydroxylation sites is 1. The maximum atomic E-state index is 12.0. The number of rotatable bonds is 6. The SMILES string of the molecule is COc1ccccc1CC(C)NC(=O)CC1CNCCO1. The quantitative estimate of drug-likeness (QED) is 0.825. The van der Waals surface area contributed by atoms with Crippen molar-refractivity contribution in [1.29, 1.82) is 0 Å². The lowest BCUT2D eigenvalue weighted by Crippen LogP contribution is -2.43. The molecule has 116 valence electrons. The standard InChI is InChI=1S/C16H24N2O3/c1-12(9-13-5-3-4-6-15(13)20-2)18-16(19)10-14-11-17-7-8-21-14/h3-6,12,14,17H,7-11H2,1-2H3,(H,18,19). The maximum Gasteiger partial charge on any atom is 0.222 e. The van der Waals surface area contributed by atoms with Crippen LogP contribution in [0.25, 0.3) is 0 Å². The van der Waals surface area contributed by atoms with Gasteiger partial charge in [0.2, 0.25) is 5.91 Å². The van der Waals surface area contributed by atoms with Crippen molar-refractivity contribution in [3.8, 4) is 5.75 Å². The summed E-state index contributed by atoms with van der Waals surface area (Å²) in [4.78, 5) is 12.0. The van der Waals surface area contributed by atoms with E-state index < -0.39 is 0 Å². The lowest BCUT2D eigenvalue weighted by atomic mass is 10.1. The van der Waals surface area contributed by atoms with Crippen LogP contribution in [0, 0.1) is 0 Å². The van der Waals surface area contributed by atoms with E-state index in [0.29, 0.717) is 13.0 Å². The highest BCUT2D eigenvalue weighted by atomic mass is 16.5. The summed E-state index contributed by atoms with van der Waals surface area (Å²) in [6, 6.07) is 7.94. The van der Waals surface area contributed by atoms with Gasteiger partial charge in [0, 0.05) is 19.1 Å². The topological polar surface area (TPSA) is 59.6 Å². The molecule has 5 heteroatoms. The third-order valence-corrected chi connectivity index (χ3v) is 3.54. The Hall–Kier alpha value is -1.59. The Morgan fingerprint density at radius 2 is 2.33 bits per heavy atom. The van der Waals surface area contributed by atoms with E-state index in [1.54, 1.807) is 7.11 Å². The zero-order chi connectivity index (χ0) is 15.1. The molecule has 1 amide bonds. The minimum absolute atomic E-state index is 0.0165. The molecule has 1 fully saturated rings. The van der Waals surface area contributed by atoms with Gasteiger partial charge in [-0.2, -0.15) is 0 Å². The summed E-state index contributed by atoms with van der Waals surface area (Å²) in [5.41, 5.74) is 1.10. The molecule has 2 rings (SSSR count). The zero-order valence-electron chi connectivity index (χ0n) is 12.7. The second-order valence-corrected chi connectivity index (χ2v) is 5.39. The predicted octanol–water partition coefficient (Wildman–Crippen LogP) is 1.12. The van der Waals surface area contributed by atoms with E-state index >= 15 is 0 Å². The molecule has 0 aromatic heterocycles. The van der Waals surface area contributed by atoms with Gasteiger partial charge in [-0.1, -0.05) is 18.2 Å². The second kappa shape index (κ2) is 8.00. The number of methoxy groups -OCH3 is 1. The van der Waals surface area contributed by atoms with Gasteiger partial charge in [0.15, 0.2) is 0 Å². The fourth-order valence-electron chi connectivity index (χ4n) is 2.54. The summed E-state index contributed by atoms with van der Waals surface area (Å²) in [5, 5.41) is 6.25. The minimum atomic E-state index is -0.0165. The maximum absolute atomic E-state index is 12.0. The van der Waals surface area contributed by atoms with E-state index in [-0.39, 0.29) is 18.1 Å². The molecule has 5 nitrogen and oxygen atoms in total. The average Bonchev–Trinajstić information content (AvgIpc) is 2.48. The molecular formula is C16H24N2O3. The van der Waals surface area contributed by atoms with Crippen molar-refractivity contribution in [3.05, 3.63) is 29.8 Å². The fraction of sp³-hybridized carbons (Fsp3) is 0.562. The smallest absolute Gasteiger partial charge is 0.222 e. The molecule has 1 aromatic carbocycles. The molecule has 0 bridgehead atoms. The highest BCUT2D eigenvalue weighted by molar-refractivity contribution is 5.76. The minimum Gasteiger partial charge on any atom is -0.496 e. The highest BCUT2D eigenvalue weighted by Crippen LogP contribution is 2.18. The molecule has 1 aliphatic rings. The second-order valence-electron chi connectivity index (χ2n) is 5.39. The number of amides is 1. The van der Waals surface area contributed by atoms with Crippen LogP contribution in [0.2, 0.25) is 0 Å². The molecule has 1 heterocycles. The van der Waals surface area contributed by atoms with E-state index in [1.807, 2.05) is 31.2 Å². The third kappa shape index (κ3) is 5.02. The Morgan fingerprint density at radius 3 is 3.05 bits per heavy atom. The van der Waals surface area contributed by atoms with Gasteiger partial charge in [0.1, 0.15) is 5.75 Å². The molecule has 0 saturated carbocycles. The van der Waals surface area contributed by atoms with Gasteiger partial charge in [-0.15, -0.1) is 0 Å². The molecule has 2 N–H and O–H groups in total. The molecule has 2 unspecified atom stereocenters. The van der Waals surface area contributed by atoms with Crippen LogP contribution < -0.4 is 15.4 Å². The van der Waals surface area contributed by atoms with E-state index in [0.717, 1.165) is 30.8 Å². The van der Waals surface area contributed by atoms with Gasteiger partial charge in [0.05, 0.1) is 26.2 Å². The monoisotopic (exact) mass is 292 g/mol. The summed E-state index contributed by atoms with van der Waals surface area (Å²) in [6.45, 7) is 4.29. The Labute approximate surface area is 126 Å². The molecule has 0 radical (unpaired) electrons. The van der Waals surface area contributed by atoms with Crippen molar-refractivity contribution >= 4 is 5.91 Å². The van der Waals surface area contributed by atoms with Crippen molar-refractivity contribution in [1.82, 2.24) is 10.6 Å². The van der Waals surface area contributed by atoms with Crippen molar-refractivity contribution in [2.24, 2.45) is 0 Å². The normalized spacial score (nSPS) is 19.8. The largest absolute Gasteiger partial charge is 0.496 e. The van der Waals surface area contributed by atoms with E-state index in [9.17, 15) is 4.79 Å². The van der Waals surface area contributed by atoms with E-state index in [1.165, 1.54) is 0 Å². The van der Waals surface area contributed by atoms with Crippen molar-refractivity contribution in [2.45, 2.75) is 31.9 Å². The highest BCUT2D eigenvalue weighted by Gasteiger charge is 2.18. The molecule has 1 aliphatic heterocycles. The lowest BCUT2D eigenvalue weighted by molar-refractivity contribution is -0.125. The number of morpholine rings is 1. The number of carbonyl (C=O) groups is 1. The van der Waals surface area contributed by atoms with Crippen LogP contribution in [0.4, 0.5) is 0 Å².